The van der Waals surface area contributed by atoms with E-state index in [2.05, 4.69) is 0 Å². The Morgan fingerprint density at radius 1 is 0.765 bits per heavy atom. The van der Waals surface area contributed by atoms with E-state index in [1.807, 2.05) is 0 Å². The minimum atomic E-state index is -5.92. The van der Waals surface area contributed by atoms with Crippen LogP contribution in [0.2, 0.25) is 0 Å². The third-order valence-electron chi connectivity index (χ3n) is 3.02. The zero-order chi connectivity index (χ0) is 13.5. The molecule has 8 heteroatoms. The Morgan fingerprint density at radius 3 is 1.53 bits per heavy atom. The molecule has 0 saturated heterocycles. The lowest BCUT2D eigenvalue weighted by Gasteiger charge is -2.40. The monoisotopic (exact) mass is 378 g/mol. The van der Waals surface area contributed by atoms with E-state index in [1.165, 1.54) is 22.6 Å². The molecule has 102 valence electrons. The Kier molecular flexibility index (Phi) is 4.26. The summed E-state index contributed by atoms with van der Waals surface area (Å²) < 4.78 is 87.5. The van der Waals surface area contributed by atoms with E-state index in [9.17, 15) is 30.7 Å². The molecule has 0 aromatic rings. The molecule has 1 rings (SSSR count). The van der Waals surface area contributed by atoms with Crippen molar-refractivity contribution < 1.29 is 30.7 Å². The highest BCUT2D eigenvalue weighted by atomic mass is 127. The maximum absolute atomic E-state index is 13.7. The molecule has 2 atom stereocenters. The SMILES string of the molecule is FC(F)(F)C(F)([C@@H]1CCCC[C@@H]1I)C(F)(F)F. The second-order valence-corrected chi connectivity index (χ2v) is 5.71. The standard InChI is InChI=1S/C9H10F7I/c10-7(8(11,12)13,9(14,15)16)5-3-1-2-4-6(5)17/h5-6H,1-4H2/t5-,6+/m1/s1. The molecule has 0 spiro atoms. The van der Waals surface area contributed by atoms with Crippen LogP contribution in [0.1, 0.15) is 25.7 Å². The van der Waals surface area contributed by atoms with Gasteiger partial charge in [-0.3, -0.25) is 0 Å². The molecular formula is C9H10F7I. The fourth-order valence-electron chi connectivity index (χ4n) is 2.11. The summed E-state index contributed by atoms with van der Waals surface area (Å²) in [6.07, 6.45) is -11.3. The molecule has 0 aromatic carbocycles. The zero-order valence-electron chi connectivity index (χ0n) is 8.51. The second-order valence-electron chi connectivity index (χ2n) is 4.11. The van der Waals surface area contributed by atoms with Gasteiger partial charge in [-0.15, -0.1) is 0 Å². The van der Waals surface area contributed by atoms with Crippen LogP contribution >= 0.6 is 22.6 Å². The van der Waals surface area contributed by atoms with Crippen LogP contribution < -0.4 is 0 Å². The van der Waals surface area contributed by atoms with Crippen molar-refractivity contribution in [3.8, 4) is 0 Å². The predicted octanol–water partition coefficient (Wildman–Crippen LogP) is 4.81. The van der Waals surface area contributed by atoms with Gasteiger partial charge in [-0.2, -0.15) is 26.3 Å². The Balaban J connectivity index is 3.15. The average molecular weight is 378 g/mol. The van der Waals surface area contributed by atoms with Gasteiger partial charge in [0.05, 0.1) is 0 Å². The largest absolute Gasteiger partial charge is 0.431 e. The summed E-state index contributed by atoms with van der Waals surface area (Å²) in [5.74, 6) is -2.04. The Morgan fingerprint density at radius 2 is 1.18 bits per heavy atom. The molecule has 0 radical (unpaired) electrons. The van der Waals surface area contributed by atoms with Crippen LogP contribution in [0, 0.1) is 5.92 Å². The van der Waals surface area contributed by atoms with Crippen molar-refractivity contribution in [2.24, 2.45) is 5.92 Å². The van der Waals surface area contributed by atoms with Gasteiger partial charge >= 0.3 is 18.0 Å². The first-order valence-electron chi connectivity index (χ1n) is 4.98. The van der Waals surface area contributed by atoms with Gasteiger partial charge in [0.1, 0.15) is 0 Å². The molecule has 1 aliphatic rings. The molecule has 0 bridgehead atoms. The highest BCUT2D eigenvalue weighted by Crippen LogP contribution is 2.55. The van der Waals surface area contributed by atoms with Gasteiger partial charge in [0, 0.05) is 9.84 Å². The topological polar surface area (TPSA) is 0 Å². The Bertz CT molecular complexity index is 255. The summed E-state index contributed by atoms with van der Waals surface area (Å²) in [6.45, 7) is 0. The number of rotatable bonds is 1. The molecule has 0 unspecified atom stereocenters. The minimum Gasteiger partial charge on any atom is -0.223 e. The van der Waals surface area contributed by atoms with Crippen LogP contribution in [-0.2, 0) is 0 Å². The van der Waals surface area contributed by atoms with Gasteiger partial charge in [-0.25, -0.2) is 4.39 Å². The number of alkyl halides is 8. The van der Waals surface area contributed by atoms with Crippen LogP contribution in [0.15, 0.2) is 0 Å². The molecule has 0 heterocycles. The van der Waals surface area contributed by atoms with Crippen molar-refractivity contribution in [3.05, 3.63) is 0 Å². The molecule has 1 saturated carbocycles. The van der Waals surface area contributed by atoms with E-state index in [-0.39, 0.29) is 19.3 Å². The lowest BCUT2D eigenvalue weighted by atomic mass is 9.77. The molecule has 1 fully saturated rings. The highest BCUT2D eigenvalue weighted by molar-refractivity contribution is 14.1. The van der Waals surface area contributed by atoms with E-state index in [0.29, 0.717) is 6.42 Å². The van der Waals surface area contributed by atoms with E-state index in [1.54, 1.807) is 0 Å². The van der Waals surface area contributed by atoms with Gasteiger partial charge in [0.2, 0.25) is 0 Å². The van der Waals surface area contributed by atoms with Crippen molar-refractivity contribution in [1.82, 2.24) is 0 Å². The second kappa shape index (κ2) is 4.73. The first kappa shape index (κ1) is 15.3. The molecule has 0 aliphatic heterocycles. The van der Waals surface area contributed by atoms with Crippen molar-refractivity contribution in [3.63, 3.8) is 0 Å². The fourth-order valence-corrected chi connectivity index (χ4v) is 3.41. The van der Waals surface area contributed by atoms with Gasteiger partial charge in [-0.05, 0) is 12.8 Å². The molecule has 0 amide bonds. The molecule has 0 aromatic heterocycles. The third-order valence-corrected chi connectivity index (χ3v) is 4.51. The van der Waals surface area contributed by atoms with Crippen LogP contribution in [0.5, 0.6) is 0 Å². The van der Waals surface area contributed by atoms with Gasteiger partial charge in [0.25, 0.3) is 0 Å². The van der Waals surface area contributed by atoms with E-state index in [0.717, 1.165) is 0 Å². The van der Waals surface area contributed by atoms with Crippen LogP contribution in [0.3, 0.4) is 0 Å². The first-order chi connectivity index (χ1) is 7.52. The van der Waals surface area contributed by atoms with Crippen LogP contribution in [0.25, 0.3) is 0 Å². The van der Waals surface area contributed by atoms with Gasteiger partial charge in [0.15, 0.2) is 0 Å². The quantitative estimate of drug-likeness (QED) is 0.349. The Labute approximate surface area is 107 Å². The predicted molar refractivity (Wildman–Crippen MR) is 55.7 cm³/mol. The zero-order valence-corrected chi connectivity index (χ0v) is 10.7. The van der Waals surface area contributed by atoms with Crippen molar-refractivity contribution >= 4 is 22.6 Å². The number of hydrogen-bond donors (Lipinski definition) is 0. The molecule has 0 nitrogen and oxygen atoms in total. The maximum Gasteiger partial charge on any atom is 0.431 e. The van der Waals surface area contributed by atoms with Gasteiger partial charge in [-0.1, -0.05) is 35.4 Å². The lowest BCUT2D eigenvalue weighted by molar-refractivity contribution is -0.359. The smallest absolute Gasteiger partial charge is 0.223 e. The van der Waals surface area contributed by atoms with Crippen LogP contribution in [0.4, 0.5) is 30.7 Å². The van der Waals surface area contributed by atoms with Crippen molar-refractivity contribution in [1.29, 1.82) is 0 Å². The fraction of sp³-hybridized carbons (Fsp3) is 1.00. The molecule has 17 heavy (non-hydrogen) atoms. The normalized spacial score (nSPS) is 28.2. The highest BCUT2D eigenvalue weighted by Gasteiger charge is 2.76. The number of halogens is 8. The van der Waals surface area contributed by atoms with E-state index < -0.39 is 27.9 Å². The minimum absolute atomic E-state index is 0.184. The van der Waals surface area contributed by atoms with Gasteiger partial charge < -0.3 is 0 Å². The van der Waals surface area contributed by atoms with Crippen LogP contribution in [-0.4, -0.2) is 21.9 Å². The first-order valence-corrected chi connectivity index (χ1v) is 6.23. The average Bonchev–Trinajstić information content (AvgIpc) is 2.13. The van der Waals surface area contributed by atoms with Crippen molar-refractivity contribution in [2.45, 2.75) is 47.6 Å². The summed E-state index contributed by atoms with van der Waals surface area (Å²) in [6, 6.07) is 0. The third kappa shape index (κ3) is 2.65. The van der Waals surface area contributed by atoms with E-state index >= 15 is 0 Å². The number of hydrogen-bond acceptors (Lipinski definition) is 0. The summed E-state index contributed by atoms with van der Waals surface area (Å²) in [5.41, 5.74) is -5.09. The van der Waals surface area contributed by atoms with Crippen molar-refractivity contribution in [2.75, 3.05) is 0 Å². The summed E-state index contributed by atoms with van der Waals surface area (Å²) >= 11 is 1.48. The maximum atomic E-state index is 13.7. The summed E-state index contributed by atoms with van der Waals surface area (Å²) in [7, 11) is 0. The lowest BCUT2D eigenvalue weighted by Crippen LogP contribution is -2.60. The molecular weight excluding hydrogens is 368 g/mol. The molecule has 1 aliphatic carbocycles. The van der Waals surface area contributed by atoms with E-state index in [4.69, 9.17) is 0 Å². The molecule has 0 N–H and O–H groups in total. The summed E-state index contributed by atoms with van der Waals surface area (Å²) in [4.78, 5) is 0. The Hall–Kier alpha value is 0.240. The summed E-state index contributed by atoms with van der Waals surface area (Å²) in [5, 5.41) is 0.